The molecule has 0 spiro atoms. The number of hydrazine groups is 1. The Morgan fingerprint density at radius 3 is 2.63 bits per heavy atom. The van der Waals surface area contributed by atoms with Gasteiger partial charge in [0.05, 0.1) is 5.02 Å². The summed E-state index contributed by atoms with van der Waals surface area (Å²) in [5.41, 5.74) is 12.0. The minimum absolute atomic E-state index is 0.104. The first-order valence-electron chi connectivity index (χ1n) is 8.50. The van der Waals surface area contributed by atoms with Crippen LogP contribution >= 0.6 is 34.8 Å². The minimum Gasteiger partial charge on any atom is -0.482 e. The number of carbonyl (C=O) groups excluding carboxylic acids is 1. The van der Waals surface area contributed by atoms with E-state index >= 15 is 0 Å². The number of nitrogens with two attached hydrogens (primary N) is 1. The highest BCUT2D eigenvalue weighted by Gasteiger charge is 2.12. The molecule has 156 valence electrons. The summed E-state index contributed by atoms with van der Waals surface area (Å²) >= 11 is 17.8. The first-order valence-corrected chi connectivity index (χ1v) is 9.64. The summed E-state index contributed by atoms with van der Waals surface area (Å²) in [4.78, 5) is 20.0. The number of hydrogen-bond donors (Lipinski definition) is 3. The van der Waals surface area contributed by atoms with Crippen LogP contribution < -0.4 is 26.1 Å². The van der Waals surface area contributed by atoms with Gasteiger partial charge < -0.3 is 15.2 Å². The molecule has 0 aliphatic heterocycles. The number of carbonyl (C=O) groups is 1. The van der Waals surface area contributed by atoms with Crippen molar-refractivity contribution in [1.82, 2.24) is 15.4 Å². The zero-order valence-corrected chi connectivity index (χ0v) is 17.8. The van der Waals surface area contributed by atoms with E-state index in [0.29, 0.717) is 26.6 Å². The van der Waals surface area contributed by atoms with Crippen molar-refractivity contribution in [3.05, 3.63) is 63.4 Å². The molecule has 3 rings (SSSR count). The molecule has 2 aromatic carbocycles. The minimum atomic E-state index is -0.491. The third-order valence-corrected chi connectivity index (χ3v) is 4.72. The number of nitrogens with zero attached hydrogens (tertiary/aromatic N) is 2. The summed E-state index contributed by atoms with van der Waals surface area (Å²) in [5, 5.41) is 1.37. The average molecular weight is 469 g/mol. The number of benzene rings is 2. The van der Waals surface area contributed by atoms with Crippen molar-refractivity contribution in [1.29, 1.82) is 0 Å². The quantitative estimate of drug-likeness (QED) is 0.433. The van der Waals surface area contributed by atoms with Crippen LogP contribution in [-0.4, -0.2) is 22.5 Å². The third kappa shape index (κ3) is 5.56. The van der Waals surface area contributed by atoms with Gasteiger partial charge in [-0.3, -0.25) is 15.6 Å². The highest BCUT2D eigenvalue weighted by Crippen LogP contribution is 2.31. The molecular weight excluding hydrogens is 453 g/mol. The third-order valence-electron chi connectivity index (χ3n) is 3.76. The molecule has 0 saturated heterocycles. The fraction of sp³-hybridized carbons (Fsp3) is 0.105. The van der Waals surface area contributed by atoms with Crippen molar-refractivity contribution >= 4 is 52.2 Å². The van der Waals surface area contributed by atoms with E-state index in [2.05, 4.69) is 20.8 Å². The molecule has 0 aliphatic rings. The molecule has 0 atom stereocenters. The van der Waals surface area contributed by atoms with Crippen molar-refractivity contribution < 1.29 is 14.3 Å². The Hall–Kier alpha value is -2.94. The van der Waals surface area contributed by atoms with Crippen LogP contribution in [0.4, 0.5) is 11.5 Å². The molecule has 0 fully saturated rings. The average Bonchev–Trinajstić information content (AvgIpc) is 2.70. The zero-order valence-electron chi connectivity index (χ0n) is 15.6. The number of aromatic nitrogens is 2. The lowest BCUT2D eigenvalue weighted by Gasteiger charge is -2.13. The zero-order chi connectivity index (χ0) is 21.7. The van der Waals surface area contributed by atoms with E-state index in [4.69, 9.17) is 50.0 Å². The molecule has 0 aliphatic carbocycles. The SMILES string of the molecule is Cc1cc(Oc2ncnc(NNC(=O)COc3ccc(Cl)cc3Cl)c2N)ccc1Cl. The highest BCUT2D eigenvalue weighted by atomic mass is 35.5. The number of rotatable bonds is 7. The van der Waals surface area contributed by atoms with Gasteiger partial charge in [-0.05, 0) is 48.9 Å². The van der Waals surface area contributed by atoms with Gasteiger partial charge in [0.15, 0.2) is 12.4 Å². The van der Waals surface area contributed by atoms with Gasteiger partial charge >= 0.3 is 0 Å². The van der Waals surface area contributed by atoms with Gasteiger partial charge in [0, 0.05) is 10.0 Å². The Morgan fingerprint density at radius 2 is 1.90 bits per heavy atom. The van der Waals surface area contributed by atoms with E-state index in [1.54, 1.807) is 30.3 Å². The molecule has 1 amide bonds. The molecule has 4 N–H and O–H groups in total. The second-order valence-electron chi connectivity index (χ2n) is 5.99. The lowest BCUT2D eigenvalue weighted by atomic mass is 10.2. The number of hydrogen-bond acceptors (Lipinski definition) is 7. The van der Waals surface area contributed by atoms with E-state index < -0.39 is 5.91 Å². The number of nitrogen functional groups attached to an aromatic ring is 1. The van der Waals surface area contributed by atoms with Crippen LogP contribution in [-0.2, 0) is 4.79 Å². The number of aryl methyl sites for hydroxylation is 1. The maximum Gasteiger partial charge on any atom is 0.276 e. The fourth-order valence-electron chi connectivity index (χ4n) is 2.25. The van der Waals surface area contributed by atoms with Crippen molar-refractivity contribution in [2.24, 2.45) is 0 Å². The lowest BCUT2D eigenvalue weighted by molar-refractivity contribution is -0.122. The van der Waals surface area contributed by atoms with E-state index in [1.165, 1.54) is 12.4 Å². The predicted octanol–water partition coefficient (Wildman–Crippen LogP) is 4.64. The topological polar surface area (TPSA) is 111 Å². The number of amides is 1. The van der Waals surface area contributed by atoms with Crippen LogP contribution in [0, 0.1) is 6.92 Å². The Balaban J connectivity index is 1.59. The molecule has 0 unspecified atom stereocenters. The van der Waals surface area contributed by atoms with Crippen LogP contribution in [0.25, 0.3) is 0 Å². The second kappa shape index (κ2) is 9.71. The van der Waals surface area contributed by atoms with Crippen molar-refractivity contribution in [2.75, 3.05) is 17.8 Å². The monoisotopic (exact) mass is 467 g/mol. The molecule has 1 heterocycles. The molecule has 1 aromatic heterocycles. The molecule has 8 nitrogen and oxygen atoms in total. The van der Waals surface area contributed by atoms with Gasteiger partial charge in [0.25, 0.3) is 5.91 Å². The van der Waals surface area contributed by atoms with Gasteiger partial charge in [-0.15, -0.1) is 0 Å². The van der Waals surface area contributed by atoms with Crippen LogP contribution in [0.1, 0.15) is 5.56 Å². The van der Waals surface area contributed by atoms with Crippen molar-refractivity contribution in [2.45, 2.75) is 6.92 Å². The van der Waals surface area contributed by atoms with Gasteiger partial charge in [0.1, 0.15) is 23.5 Å². The summed E-state index contributed by atoms with van der Waals surface area (Å²) in [5.74, 6) is 0.614. The second-order valence-corrected chi connectivity index (χ2v) is 7.24. The number of nitrogens with one attached hydrogen (secondary N) is 2. The molecule has 30 heavy (non-hydrogen) atoms. The first kappa shape index (κ1) is 21.8. The molecule has 3 aromatic rings. The Morgan fingerprint density at radius 1 is 1.10 bits per heavy atom. The van der Waals surface area contributed by atoms with E-state index in [9.17, 15) is 4.79 Å². The van der Waals surface area contributed by atoms with E-state index in [0.717, 1.165) is 5.56 Å². The summed E-state index contributed by atoms with van der Waals surface area (Å²) < 4.78 is 11.0. The maximum atomic E-state index is 12.0. The normalized spacial score (nSPS) is 10.4. The number of anilines is 2. The lowest BCUT2D eigenvalue weighted by Crippen LogP contribution is -2.34. The summed E-state index contributed by atoms with van der Waals surface area (Å²) in [7, 11) is 0. The van der Waals surface area contributed by atoms with Crippen molar-refractivity contribution in [3.8, 4) is 17.4 Å². The standard InChI is InChI=1S/C19H16Cl3N5O3/c1-10-6-12(3-4-13(10)21)30-19-17(23)18(24-9-25-19)27-26-16(28)8-29-15-5-2-11(20)7-14(15)22/h2-7,9H,8,23H2,1H3,(H,26,28)(H,24,25,27). The van der Waals surface area contributed by atoms with Gasteiger partial charge in [-0.25, -0.2) is 4.98 Å². The summed E-state index contributed by atoms with van der Waals surface area (Å²) in [6.07, 6.45) is 1.24. The van der Waals surface area contributed by atoms with Gasteiger partial charge in [-0.1, -0.05) is 34.8 Å². The smallest absolute Gasteiger partial charge is 0.276 e. The highest BCUT2D eigenvalue weighted by molar-refractivity contribution is 6.35. The Kier molecular flexibility index (Phi) is 7.04. The van der Waals surface area contributed by atoms with Gasteiger partial charge in [-0.2, -0.15) is 4.98 Å². The Labute approximate surface area is 187 Å². The van der Waals surface area contributed by atoms with E-state index in [1.807, 2.05) is 6.92 Å². The fourth-order valence-corrected chi connectivity index (χ4v) is 2.83. The summed E-state index contributed by atoms with van der Waals surface area (Å²) in [6, 6.07) is 9.82. The van der Waals surface area contributed by atoms with E-state index in [-0.39, 0.29) is 24.0 Å². The van der Waals surface area contributed by atoms with Crippen LogP contribution in [0.3, 0.4) is 0 Å². The molecule has 0 radical (unpaired) electrons. The first-order chi connectivity index (χ1) is 14.3. The summed E-state index contributed by atoms with van der Waals surface area (Å²) in [6.45, 7) is 1.55. The van der Waals surface area contributed by atoms with Crippen LogP contribution in [0.2, 0.25) is 15.1 Å². The van der Waals surface area contributed by atoms with Gasteiger partial charge in [0.2, 0.25) is 5.88 Å². The number of halogens is 3. The predicted molar refractivity (Wildman–Crippen MR) is 116 cm³/mol. The molecule has 11 heteroatoms. The maximum absolute atomic E-state index is 12.0. The van der Waals surface area contributed by atoms with Crippen LogP contribution in [0.15, 0.2) is 42.7 Å². The Bertz CT molecular complexity index is 1080. The molecule has 0 saturated carbocycles. The van der Waals surface area contributed by atoms with Crippen molar-refractivity contribution in [3.63, 3.8) is 0 Å². The number of ether oxygens (including phenoxy) is 2. The largest absolute Gasteiger partial charge is 0.482 e. The molecular formula is C19H16Cl3N5O3. The molecule has 0 bridgehead atoms. The van der Waals surface area contributed by atoms with Crippen LogP contribution in [0.5, 0.6) is 17.4 Å².